The fraction of sp³-hybridized carbons (Fsp3) is 0.368. The number of hydrogen-bond donors (Lipinski definition) is 2. The number of rotatable bonds is 4. The van der Waals surface area contributed by atoms with Crippen molar-refractivity contribution in [2.45, 2.75) is 32.2 Å². The summed E-state index contributed by atoms with van der Waals surface area (Å²) in [5, 5.41) is 8.57. The van der Waals surface area contributed by atoms with E-state index in [4.69, 9.17) is 10.9 Å². The Morgan fingerprint density at radius 1 is 1.56 bits per heavy atom. The molecular weight excluding hydrogens is 344 g/mol. The predicted octanol–water partition coefficient (Wildman–Crippen LogP) is 2.35. The van der Waals surface area contributed by atoms with E-state index in [1.54, 1.807) is 13.1 Å². The Morgan fingerprint density at radius 2 is 2.44 bits per heavy atom. The molecule has 0 unspecified atom stereocenters. The molecule has 2 N–H and O–H groups in total. The van der Waals surface area contributed by atoms with Crippen LogP contribution in [0.2, 0.25) is 0 Å². The highest BCUT2D eigenvalue weighted by atomic mass is 16.5. The molecule has 3 aromatic heterocycles. The number of fused-ring (bicyclic) bond motifs is 1. The molecule has 8 nitrogen and oxygen atoms in total. The van der Waals surface area contributed by atoms with E-state index >= 15 is 0 Å². The van der Waals surface area contributed by atoms with Crippen LogP contribution in [0.15, 0.2) is 23.0 Å². The number of carbonyl (C=O) groups excluding carboxylic acids is 1. The second-order valence-corrected chi connectivity index (χ2v) is 6.63. The monoisotopic (exact) mass is 364 g/mol. The normalized spacial score (nSPS) is 17.0. The van der Waals surface area contributed by atoms with E-state index in [1.807, 2.05) is 17.2 Å². The van der Waals surface area contributed by atoms with Crippen LogP contribution in [0.4, 0.5) is 5.69 Å². The summed E-state index contributed by atoms with van der Waals surface area (Å²) < 4.78 is 5.14. The zero-order valence-corrected chi connectivity index (χ0v) is 15.0. The molecular formula is C19H20N6O2. The minimum atomic E-state index is -0.000430. The Kier molecular flexibility index (Phi) is 4.50. The maximum absolute atomic E-state index is 12.2. The van der Waals surface area contributed by atoms with Gasteiger partial charge in [0.05, 0.1) is 17.7 Å². The molecule has 1 amide bonds. The number of terminal acetylenes is 1. The summed E-state index contributed by atoms with van der Waals surface area (Å²) in [5.41, 5.74) is 2.43. The van der Waals surface area contributed by atoms with Crippen molar-refractivity contribution in [3.8, 4) is 23.7 Å². The molecule has 0 aromatic carbocycles. The van der Waals surface area contributed by atoms with E-state index in [1.165, 1.54) is 0 Å². The van der Waals surface area contributed by atoms with Crippen LogP contribution < -0.4 is 5.32 Å². The zero-order valence-electron chi connectivity index (χ0n) is 15.0. The molecule has 1 atom stereocenters. The van der Waals surface area contributed by atoms with E-state index in [9.17, 15) is 4.79 Å². The molecule has 0 aliphatic carbocycles. The van der Waals surface area contributed by atoms with Crippen molar-refractivity contribution in [2.75, 3.05) is 18.4 Å². The van der Waals surface area contributed by atoms with Gasteiger partial charge in [0, 0.05) is 43.8 Å². The molecule has 8 heteroatoms. The third-order valence-corrected chi connectivity index (χ3v) is 4.73. The molecule has 1 fully saturated rings. The third kappa shape index (κ3) is 3.36. The maximum atomic E-state index is 12.2. The number of anilines is 1. The number of hydrogen-bond acceptors (Lipinski definition) is 6. The van der Waals surface area contributed by atoms with Crippen molar-refractivity contribution in [3.63, 3.8) is 0 Å². The quantitative estimate of drug-likeness (QED) is 0.689. The minimum absolute atomic E-state index is 0.000430. The van der Waals surface area contributed by atoms with Crippen LogP contribution in [0.25, 0.3) is 22.4 Å². The van der Waals surface area contributed by atoms with Gasteiger partial charge in [-0.2, -0.15) is 4.98 Å². The smallest absolute Gasteiger partial charge is 0.234 e. The highest BCUT2D eigenvalue weighted by Gasteiger charge is 2.25. The summed E-state index contributed by atoms with van der Waals surface area (Å²) in [6, 6.07) is 2.07. The van der Waals surface area contributed by atoms with E-state index in [-0.39, 0.29) is 18.4 Å². The van der Waals surface area contributed by atoms with Crippen LogP contribution in [0.1, 0.15) is 25.2 Å². The van der Waals surface area contributed by atoms with Crippen molar-refractivity contribution in [3.05, 3.63) is 24.4 Å². The first-order valence-electron chi connectivity index (χ1n) is 8.90. The second-order valence-electron chi connectivity index (χ2n) is 6.63. The number of aromatic nitrogens is 4. The van der Waals surface area contributed by atoms with Crippen molar-refractivity contribution < 1.29 is 9.32 Å². The first kappa shape index (κ1) is 17.1. The lowest BCUT2D eigenvalue weighted by molar-refractivity contribution is -0.131. The third-order valence-electron chi connectivity index (χ3n) is 4.73. The number of aryl methyl sites for hydroxylation is 1. The number of aromatic amines is 1. The van der Waals surface area contributed by atoms with Crippen LogP contribution in [0.5, 0.6) is 0 Å². The Morgan fingerprint density at radius 3 is 3.22 bits per heavy atom. The van der Waals surface area contributed by atoms with Gasteiger partial charge in [-0.25, -0.2) is 4.98 Å². The molecule has 1 aliphatic heterocycles. The largest absolute Gasteiger partial charge is 0.379 e. The fourth-order valence-electron chi connectivity index (χ4n) is 3.47. The summed E-state index contributed by atoms with van der Waals surface area (Å²) >= 11 is 0. The van der Waals surface area contributed by atoms with Gasteiger partial charge in [0.2, 0.25) is 17.6 Å². The highest BCUT2D eigenvalue weighted by molar-refractivity contribution is 5.97. The Hall–Kier alpha value is -3.34. The number of piperidine rings is 1. The minimum Gasteiger partial charge on any atom is -0.379 e. The summed E-state index contributed by atoms with van der Waals surface area (Å²) in [4.78, 5) is 25.9. The average Bonchev–Trinajstić information content (AvgIpc) is 3.31. The summed E-state index contributed by atoms with van der Waals surface area (Å²) in [5.74, 6) is 3.41. The van der Waals surface area contributed by atoms with E-state index in [2.05, 4.69) is 31.3 Å². The molecule has 4 heterocycles. The molecule has 1 aliphatic rings. The van der Waals surface area contributed by atoms with E-state index in [0.717, 1.165) is 41.7 Å². The van der Waals surface area contributed by atoms with Gasteiger partial charge in [0.25, 0.3) is 0 Å². The zero-order chi connectivity index (χ0) is 18.8. The van der Waals surface area contributed by atoms with E-state index in [0.29, 0.717) is 18.3 Å². The predicted molar refractivity (Wildman–Crippen MR) is 101 cm³/mol. The van der Waals surface area contributed by atoms with Gasteiger partial charge in [0.1, 0.15) is 5.65 Å². The van der Waals surface area contributed by atoms with Crippen LogP contribution in [0.3, 0.4) is 0 Å². The van der Waals surface area contributed by atoms with Crippen LogP contribution in [-0.2, 0) is 4.79 Å². The average molecular weight is 364 g/mol. The Balaban J connectivity index is 1.65. The lowest BCUT2D eigenvalue weighted by Gasteiger charge is -2.34. The molecule has 3 aromatic rings. The molecule has 0 spiro atoms. The van der Waals surface area contributed by atoms with Gasteiger partial charge < -0.3 is 19.7 Å². The van der Waals surface area contributed by atoms with Gasteiger partial charge in [-0.15, -0.1) is 6.42 Å². The SMILES string of the molecule is C#CCC(=O)N1CCC[C@@H](Nc2c(-c3noc(C)n3)cnc3[nH]ccc23)C1. The molecule has 1 saturated heterocycles. The fourth-order valence-corrected chi connectivity index (χ4v) is 3.47. The number of H-pyrrole nitrogens is 1. The van der Waals surface area contributed by atoms with Crippen molar-refractivity contribution >= 4 is 22.6 Å². The number of nitrogens with zero attached hydrogens (tertiary/aromatic N) is 4. The van der Waals surface area contributed by atoms with Gasteiger partial charge in [-0.1, -0.05) is 11.1 Å². The van der Waals surface area contributed by atoms with Crippen LogP contribution in [0, 0.1) is 19.3 Å². The first-order valence-corrected chi connectivity index (χ1v) is 8.90. The Bertz CT molecular complexity index is 1010. The number of pyridine rings is 1. The number of amides is 1. The highest BCUT2D eigenvalue weighted by Crippen LogP contribution is 2.33. The molecule has 0 radical (unpaired) electrons. The molecule has 4 rings (SSSR count). The van der Waals surface area contributed by atoms with Gasteiger partial charge >= 0.3 is 0 Å². The number of carbonyl (C=O) groups is 1. The van der Waals surface area contributed by atoms with Crippen molar-refractivity contribution in [1.82, 2.24) is 25.0 Å². The van der Waals surface area contributed by atoms with Gasteiger partial charge in [-0.05, 0) is 18.9 Å². The van der Waals surface area contributed by atoms with Crippen LogP contribution >= 0.6 is 0 Å². The summed E-state index contributed by atoms with van der Waals surface area (Å²) in [6.45, 7) is 3.10. The number of nitrogens with one attached hydrogen (secondary N) is 2. The van der Waals surface area contributed by atoms with Gasteiger partial charge in [-0.3, -0.25) is 4.79 Å². The second kappa shape index (κ2) is 7.11. The molecule has 27 heavy (non-hydrogen) atoms. The Labute approximate surface area is 156 Å². The van der Waals surface area contributed by atoms with Gasteiger partial charge in [0.15, 0.2) is 0 Å². The van der Waals surface area contributed by atoms with Crippen molar-refractivity contribution in [1.29, 1.82) is 0 Å². The summed E-state index contributed by atoms with van der Waals surface area (Å²) in [7, 11) is 0. The summed E-state index contributed by atoms with van der Waals surface area (Å²) in [6.07, 6.45) is 10.9. The van der Waals surface area contributed by atoms with Crippen molar-refractivity contribution in [2.24, 2.45) is 0 Å². The topological polar surface area (TPSA) is 99.9 Å². The maximum Gasteiger partial charge on any atom is 0.234 e. The van der Waals surface area contributed by atoms with E-state index < -0.39 is 0 Å². The molecule has 138 valence electrons. The first-order chi connectivity index (χ1) is 13.2. The van der Waals surface area contributed by atoms with Crippen LogP contribution in [-0.4, -0.2) is 50.0 Å². The molecule has 0 bridgehead atoms. The number of likely N-dealkylation sites (tertiary alicyclic amines) is 1. The standard InChI is InChI=1S/C19H20N6O2/c1-3-5-16(26)25-9-4-6-13(11-25)23-17-14-7-8-20-18(14)21-10-15(17)19-22-12(2)27-24-19/h1,7-8,10,13H,4-6,9,11H2,2H3,(H2,20,21,23)/t13-/m1/s1. The molecule has 0 saturated carbocycles. The lowest BCUT2D eigenvalue weighted by Crippen LogP contribution is -2.45. The lowest BCUT2D eigenvalue weighted by atomic mass is 10.0.